The number of hydrogen-bond donors (Lipinski definition) is 1. The number of benzene rings is 10. The second-order valence-corrected chi connectivity index (χ2v) is 17.2. The molecule has 0 bridgehead atoms. The molecule has 298 valence electrons. The molecule has 12 rings (SSSR count). The number of fused-ring (bicyclic) bond motifs is 6. The normalized spacial score (nSPS) is 12.4. The van der Waals surface area contributed by atoms with Crippen molar-refractivity contribution in [3.63, 3.8) is 0 Å². The lowest BCUT2D eigenvalue weighted by atomic mass is 9.33. The van der Waals surface area contributed by atoms with Crippen molar-refractivity contribution in [2.45, 2.75) is 6.92 Å². The van der Waals surface area contributed by atoms with Crippen molar-refractivity contribution >= 4 is 78.8 Å². The van der Waals surface area contributed by atoms with Gasteiger partial charge < -0.3 is 15.1 Å². The van der Waals surface area contributed by atoms with E-state index in [1.165, 1.54) is 105 Å². The lowest BCUT2D eigenvalue weighted by molar-refractivity contribution is 1.15. The summed E-state index contributed by atoms with van der Waals surface area (Å²) in [7, 11) is 4.31. The smallest absolute Gasteiger partial charge is 0.252 e. The van der Waals surface area contributed by atoms with Crippen LogP contribution in [0.1, 0.15) is 5.56 Å². The third kappa shape index (κ3) is 5.90. The predicted octanol–water partition coefficient (Wildman–Crippen LogP) is 13.4. The number of nitrogens with one attached hydrogen (secondary N) is 1. The monoisotopic (exact) mass is 805 g/mol. The molecule has 0 amide bonds. The van der Waals surface area contributed by atoms with Crippen molar-refractivity contribution in [3.05, 3.63) is 212 Å². The molecule has 10 aromatic rings. The summed E-state index contributed by atoms with van der Waals surface area (Å²) < 4.78 is 0. The van der Waals surface area contributed by atoms with Crippen molar-refractivity contribution in [2.75, 3.05) is 29.2 Å². The first kappa shape index (κ1) is 37.0. The van der Waals surface area contributed by atoms with Gasteiger partial charge in [-0.3, -0.25) is 0 Å². The zero-order valence-electron chi connectivity index (χ0n) is 35.6. The Morgan fingerprint density at radius 2 is 1.03 bits per heavy atom. The number of aryl methyl sites for hydroxylation is 1. The summed E-state index contributed by atoms with van der Waals surface area (Å²) in [6.45, 7) is 2.18. The molecule has 2 aliphatic heterocycles. The van der Waals surface area contributed by atoms with Gasteiger partial charge in [0.15, 0.2) is 0 Å². The van der Waals surface area contributed by atoms with Gasteiger partial charge in [-0.1, -0.05) is 170 Å². The third-order valence-corrected chi connectivity index (χ3v) is 13.2. The Morgan fingerprint density at radius 1 is 0.429 bits per heavy atom. The topological polar surface area (TPSA) is 18.5 Å². The maximum Gasteiger partial charge on any atom is 0.252 e. The van der Waals surface area contributed by atoms with E-state index in [4.69, 9.17) is 0 Å². The summed E-state index contributed by atoms with van der Waals surface area (Å²) in [4.78, 5) is 4.77. The number of rotatable bonds is 6. The molecule has 3 nitrogen and oxygen atoms in total. The predicted molar refractivity (Wildman–Crippen MR) is 271 cm³/mol. The molecule has 0 fully saturated rings. The Balaban J connectivity index is 1.14. The fourth-order valence-corrected chi connectivity index (χ4v) is 10.7. The molecule has 0 atom stereocenters. The van der Waals surface area contributed by atoms with E-state index in [0.29, 0.717) is 0 Å². The van der Waals surface area contributed by atoms with Gasteiger partial charge in [-0.15, -0.1) is 0 Å². The molecular formula is C59H44BN3. The van der Waals surface area contributed by atoms with Crippen LogP contribution in [0.3, 0.4) is 0 Å². The lowest BCUT2D eigenvalue weighted by Crippen LogP contribution is -2.60. The summed E-state index contributed by atoms with van der Waals surface area (Å²) in [5, 5.41) is 9.05. The van der Waals surface area contributed by atoms with Crippen LogP contribution in [0.4, 0.5) is 34.1 Å². The summed E-state index contributed by atoms with van der Waals surface area (Å²) in [5.41, 5.74) is 21.9. The lowest BCUT2D eigenvalue weighted by Gasteiger charge is -2.41. The van der Waals surface area contributed by atoms with Crippen molar-refractivity contribution in [1.82, 2.24) is 0 Å². The molecule has 63 heavy (non-hydrogen) atoms. The largest absolute Gasteiger partial charge is 0.377 e. The highest BCUT2D eigenvalue weighted by Gasteiger charge is 2.41. The van der Waals surface area contributed by atoms with Crippen LogP contribution in [0.25, 0.3) is 66.1 Å². The molecule has 0 unspecified atom stereocenters. The Labute approximate surface area is 369 Å². The Morgan fingerprint density at radius 3 is 1.68 bits per heavy atom. The number of para-hydroxylation sites is 1. The number of nitrogens with zero attached hydrogens (tertiary/aromatic N) is 2. The van der Waals surface area contributed by atoms with Gasteiger partial charge in [0.2, 0.25) is 0 Å². The minimum Gasteiger partial charge on any atom is -0.377 e. The molecule has 0 radical (unpaired) electrons. The van der Waals surface area contributed by atoms with E-state index in [9.17, 15) is 0 Å². The van der Waals surface area contributed by atoms with Crippen LogP contribution in [0.2, 0.25) is 0 Å². The fraction of sp³-hybridized carbons (Fsp3) is 0.0508. The van der Waals surface area contributed by atoms with Crippen LogP contribution < -0.4 is 31.5 Å². The van der Waals surface area contributed by atoms with E-state index in [-0.39, 0.29) is 6.71 Å². The Kier molecular flexibility index (Phi) is 8.62. The summed E-state index contributed by atoms with van der Waals surface area (Å²) in [5.74, 6) is 0. The Bertz CT molecular complexity index is 3310. The van der Waals surface area contributed by atoms with Gasteiger partial charge >= 0.3 is 0 Å². The molecule has 0 saturated heterocycles. The van der Waals surface area contributed by atoms with Gasteiger partial charge in [0.05, 0.1) is 5.69 Å². The van der Waals surface area contributed by atoms with Gasteiger partial charge in [0.25, 0.3) is 6.71 Å². The molecule has 2 heterocycles. The van der Waals surface area contributed by atoms with Crippen molar-refractivity contribution in [2.24, 2.45) is 0 Å². The Hall–Kier alpha value is -7.82. The molecular weight excluding hydrogens is 761 g/mol. The summed E-state index contributed by atoms with van der Waals surface area (Å²) >= 11 is 0. The zero-order valence-corrected chi connectivity index (χ0v) is 35.6. The average molecular weight is 806 g/mol. The van der Waals surface area contributed by atoms with E-state index >= 15 is 0 Å². The second kappa shape index (κ2) is 14.7. The summed E-state index contributed by atoms with van der Waals surface area (Å²) in [6.07, 6.45) is 0. The zero-order chi connectivity index (χ0) is 42.2. The molecule has 4 heteroatoms. The first-order valence-electron chi connectivity index (χ1n) is 21.9. The van der Waals surface area contributed by atoms with Crippen LogP contribution in [0, 0.1) is 6.92 Å². The molecule has 0 saturated carbocycles. The summed E-state index contributed by atoms with van der Waals surface area (Å²) in [6, 6.07) is 76.3. The van der Waals surface area contributed by atoms with E-state index in [1.807, 2.05) is 0 Å². The van der Waals surface area contributed by atoms with Crippen molar-refractivity contribution in [1.29, 1.82) is 0 Å². The molecule has 10 aromatic carbocycles. The van der Waals surface area contributed by atoms with E-state index in [0.717, 1.165) is 17.1 Å². The quantitative estimate of drug-likeness (QED) is 0.133. The molecule has 0 aromatic heterocycles. The first-order valence-corrected chi connectivity index (χ1v) is 21.9. The van der Waals surface area contributed by atoms with Gasteiger partial charge in [0.1, 0.15) is 0 Å². The van der Waals surface area contributed by atoms with Crippen LogP contribution in [0.15, 0.2) is 206 Å². The molecule has 1 N–H and O–H groups in total. The van der Waals surface area contributed by atoms with Crippen LogP contribution in [-0.4, -0.2) is 20.8 Å². The van der Waals surface area contributed by atoms with Gasteiger partial charge in [-0.05, 0) is 121 Å². The van der Waals surface area contributed by atoms with Crippen molar-refractivity contribution < 1.29 is 0 Å². The fourth-order valence-electron chi connectivity index (χ4n) is 10.7. The standard InChI is InChI=1S/C59H44BN3/c1-38-18-16-23-43(34-38)63-54-31-15-14-30-50(54)60-51-35-41(56-44(39-19-6-4-7-20-39)28-17-29-45(56)40-21-8-5-9-22-40)32-33-52(51)61-53-36-42(37-55(63)58(53)60)57-46-24-10-12-26-48(46)59(62(2)3)49-27-13-11-25-47(49)57/h4-37,61H,1-3H3. The minimum absolute atomic E-state index is 0.00817. The SMILES string of the molecule is Cc1cccc(N2c3ccccc3B3c4cc(-c5c(-c6ccccc6)cccc5-c5ccccc5)ccc4Nc4cc(-c5c6ccccc6c(N(C)C)c6ccccc56)cc2c43)c1. The van der Waals surface area contributed by atoms with E-state index < -0.39 is 0 Å². The van der Waals surface area contributed by atoms with E-state index in [1.54, 1.807) is 0 Å². The molecule has 2 aliphatic rings. The molecule has 0 spiro atoms. The number of anilines is 6. The highest BCUT2D eigenvalue weighted by Crippen LogP contribution is 2.48. The van der Waals surface area contributed by atoms with Gasteiger partial charge in [-0.25, -0.2) is 0 Å². The number of hydrogen-bond acceptors (Lipinski definition) is 3. The second-order valence-electron chi connectivity index (χ2n) is 17.2. The van der Waals surface area contributed by atoms with Gasteiger partial charge in [0, 0.05) is 53.3 Å². The van der Waals surface area contributed by atoms with Gasteiger partial charge in [-0.2, -0.15) is 0 Å². The maximum absolute atomic E-state index is 4.07. The molecule has 0 aliphatic carbocycles. The average Bonchev–Trinajstić information content (AvgIpc) is 3.33. The first-order chi connectivity index (χ1) is 31.0. The third-order valence-electron chi connectivity index (χ3n) is 13.2. The van der Waals surface area contributed by atoms with Crippen LogP contribution in [0.5, 0.6) is 0 Å². The van der Waals surface area contributed by atoms with Crippen LogP contribution in [-0.2, 0) is 0 Å². The van der Waals surface area contributed by atoms with Crippen molar-refractivity contribution in [3.8, 4) is 44.5 Å². The highest BCUT2D eigenvalue weighted by atomic mass is 15.2. The van der Waals surface area contributed by atoms with E-state index in [2.05, 4.69) is 242 Å². The maximum atomic E-state index is 4.07. The highest BCUT2D eigenvalue weighted by molar-refractivity contribution is 7.00. The minimum atomic E-state index is -0.00817. The van der Waals surface area contributed by atoms with Crippen LogP contribution >= 0.6 is 0 Å².